The van der Waals surface area contributed by atoms with Crippen LogP contribution in [0.3, 0.4) is 0 Å². The van der Waals surface area contributed by atoms with Crippen molar-refractivity contribution in [2.24, 2.45) is 0 Å². The maximum absolute atomic E-state index is 5.71. The molecule has 0 unspecified atom stereocenters. The van der Waals surface area contributed by atoms with Gasteiger partial charge in [0.05, 0.1) is 139 Å². The van der Waals surface area contributed by atoms with Crippen molar-refractivity contribution in [2.75, 3.05) is 132 Å². The van der Waals surface area contributed by atoms with Crippen molar-refractivity contribution in [1.82, 2.24) is 0 Å². The van der Waals surface area contributed by atoms with Crippen LogP contribution in [0.15, 0.2) is 30.3 Å². The Bertz CT molecular complexity index is 664. The number of hydrogen-bond donors (Lipinski definition) is 0. The smallest absolute Gasteiger partial charge is 0.183 e. The topological polar surface area (TPSA) is 102 Å². The standard InChI is InChI=1S/C30H56O11Si/c1-42(2,3)41-28-27-39-24-23-37-20-19-35-16-15-33-12-11-31-9-10-32-13-14-34-17-18-36-21-22-38-25-26-40-29-30-7-5-4-6-8-30/h4-8H,9-29H2,1-3H3. The summed E-state index contributed by atoms with van der Waals surface area (Å²) in [6.07, 6.45) is 0. The van der Waals surface area contributed by atoms with Crippen LogP contribution in [0, 0.1) is 0 Å². The monoisotopic (exact) mass is 620 g/mol. The Morgan fingerprint density at radius 3 is 0.905 bits per heavy atom. The van der Waals surface area contributed by atoms with Gasteiger partial charge in [-0.1, -0.05) is 30.3 Å². The highest BCUT2D eigenvalue weighted by Crippen LogP contribution is 2.01. The second-order valence-electron chi connectivity index (χ2n) is 10.0. The molecule has 12 heteroatoms. The molecule has 0 radical (unpaired) electrons. The molecule has 0 atom stereocenters. The Balaban J connectivity index is 1.63. The van der Waals surface area contributed by atoms with Crippen LogP contribution in [0.4, 0.5) is 0 Å². The fraction of sp³-hybridized carbons (Fsp3) is 0.800. The third-order valence-electron chi connectivity index (χ3n) is 5.22. The van der Waals surface area contributed by atoms with E-state index in [9.17, 15) is 0 Å². The lowest BCUT2D eigenvalue weighted by Gasteiger charge is -2.16. The fourth-order valence-corrected chi connectivity index (χ4v) is 3.85. The molecule has 1 rings (SSSR count). The van der Waals surface area contributed by atoms with Gasteiger partial charge >= 0.3 is 0 Å². The highest BCUT2D eigenvalue weighted by atomic mass is 28.4. The summed E-state index contributed by atoms with van der Waals surface area (Å²) >= 11 is 0. The van der Waals surface area contributed by atoms with Crippen molar-refractivity contribution in [3.8, 4) is 0 Å². The molecule has 0 aliphatic carbocycles. The molecule has 0 saturated heterocycles. The minimum Gasteiger partial charge on any atom is -0.415 e. The Labute approximate surface area is 254 Å². The molecule has 0 heterocycles. The van der Waals surface area contributed by atoms with Crippen molar-refractivity contribution in [1.29, 1.82) is 0 Å². The SMILES string of the molecule is C[Si](C)(C)OCCOCCOCCOCCOCCOCCOCCOCCOCCOCCOCc1ccccc1. The summed E-state index contributed by atoms with van der Waals surface area (Å²) in [5.74, 6) is 0. The van der Waals surface area contributed by atoms with Crippen LogP contribution < -0.4 is 0 Å². The van der Waals surface area contributed by atoms with E-state index < -0.39 is 8.32 Å². The number of ether oxygens (including phenoxy) is 10. The van der Waals surface area contributed by atoms with Gasteiger partial charge in [0, 0.05) is 0 Å². The van der Waals surface area contributed by atoms with E-state index in [0.29, 0.717) is 139 Å². The maximum Gasteiger partial charge on any atom is 0.183 e. The van der Waals surface area contributed by atoms with Gasteiger partial charge in [-0.05, 0) is 25.2 Å². The van der Waals surface area contributed by atoms with E-state index in [4.69, 9.17) is 51.8 Å². The third kappa shape index (κ3) is 30.5. The average molecular weight is 621 g/mol. The van der Waals surface area contributed by atoms with Gasteiger partial charge in [-0.3, -0.25) is 0 Å². The first kappa shape index (κ1) is 39.0. The van der Waals surface area contributed by atoms with E-state index in [1.807, 2.05) is 30.3 Å². The van der Waals surface area contributed by atoms with E-state index in [-0.39, 0.29) is 0 Å². The number of rotatable bonds is 33. The summed E-state index contributed by atoms with van der Waals surface area (Å²) in [7, 11) is -1.45. The summed E-state index contributed by atoms with van der Waals surface area (Å²) < 4.78 is 60.6. The predicted molar refractivity (Wildman–Crippen MR) is 163 cm³/mol. The summed E-state index contributed by atoms with van der Waals surface area (Å²) in [6, 6.07) is 10.1. The van der Waals surface area contributed by atoms with Crippen LogP contribution in [0.2, 0.25) is 19.6 Å². The van der Waals surface area contributed by atoms with Crippen molar-refractivity contribution >= 4 is 8.32 Å². The molecule has 42 heavy (non-hydrogen) atoms. The molecular weight excluding hydrogens is 564 g/mol. The van der Waals surface area contributed by atoms with Crippen LogP contribution >= 0.6 is 0 Å². The minimum absolute atomic E-state index is 0.520. The number of benzene rings is 1. The fourth-order valence-electron chi connectivity index (χ4n) is 3.15. The predicted octanol–water partition coefficient (Wildman–Crippen LogP) is 3.20. The van der Waals surface area contributed by atoms with Gasteiger partial charge < -0.3 is 51.8 Å². The summed E-state index contributed by atoms with van der Waals surface area (Å²) in [4.78, 5) is 0. The molecule has 0 bridgehead atoms. The van der Waals surface area contributed by atoms with Crippen LogP contribution in [0.25, 0.3) is 0 Å². The second-order valence-corrected chi connectivity index (χ2v) is 14.5. The molecule has 1 aromatic carbocycles. The van der Waals surface area contributed by atoms with Crippen molar-refractivity contribution in [3.05, 3.63) is 35.9 Å². The van der Waals surface area contributed by atoms with E-state index >= 15 is 0 Å². The van der Waals surface area contributed by atoms with Gasteiger partial charge in [-0.25, -0.2) is 0 Å². The van der Waals surface area contributed by atoms with Gasteiger partial charge in [0.1, 0.15) is 0 Å². The molecule has 11 nitrogen and oxygen atoms in total. The van der Waals surface area contributed by atoms with Crippen molar-refractivity contribution in [3.63, 3.8) is 0 Å². The van der Waals surface area contributed by atoms with Crippen molar-refractivity contribution < 1.29 is 51.8 Å². The lowest BCUT2D eigenvalue weighted by atomic mass is 10.2. The third-order valence-corrected chi connectivity index (χ3v) is 6.29. The molecule has 0 aromatic heterocycles. The van der Waals surface area contributed by atoms with E-state index in [0.717, 1.165) is 5.56 Å². The first-order chi connectivity index (χ1) is 20.6. The Morgan fingerprint density at radius 1 is 0.357 bits per heavy atom. The Hall–Kier alpha value is -1.00. The molecule has 246 valence electrons. The molecule has 0 fully saturated rings. The largest absolute Gasteiger partial charge is 0.415 e. The maximum atomic E-state index is 5.71. The second kappa shape index (κ2) is 30.0. The zero-order valence-electron chi connectivity index (χ0n) is 26.2. The van der Waals surface area contributed by atoms with Crippen LogP contribution in [-0.2, 0) is 58.4 Å². The molecular formula is C30H56O11Si. The zero-order valence-corrected chi connectivity index (χ0v) is 27.2. The lowest BCUT2D eigenvalue weighted by molar-refractivity contribution is -0.0270. The van der Waals surface area contributed by atoms with Crippen LogP contribution in [0.1, 0.15) is 5.56 Å². The van der Waals surface area contributed by atoms with Crippen molar-refractivity contribution in [2.45, 2.75) is 26.2 Å². The highest BCUT2D eigenvalue weighted by Gasteiger charge is 2.13. The summed E-state index contributed by atoms with van der Waals surface area (Å²) in [5, 5.41) is 0. The van der Waals surface area contributed by atoms with E-state index in [1.165, 1.54) is 0 Å². The van der Waals surface area contributed by atoms with Gasteiger partial charge in [0.2, 0.25) is 0 Å². The first-order valence-electron chi connectivity index (χ1n) is 15.0. The van der Waals surface area contributed by atoms with E-state index in [2.05, 4.69) is 19.6 Å². The lowest BCUT2D eigenvalue weighted by Crippen LogP contribution is -2.27. The molecule has 0 aliphatic heterocycles. The Kier molecular flexibility index (Phi) is 27.9. The normalized spacial score (nSPS) is 11.9. The molecule has 0 saturated carbocycles. The molecule has 0 aliphatic rings. The number of hydrogen-bond acceptors (Lipinski definition) is 11. The highest BCUT2D eigenvalue weighted by molar-refractivity contribution is 6.69. The van der Waals surface area contributed by atoms with Gasteiger partial charge in [-0.2, -0.15) is 0 Å². The molecule has 0 spiro atoms. The Morgan fingerprint density at radius 2 is 0.619 bits per heavy atom. The first-order valence-corrected chi connectivity index (χ1v) is 18.4. The van der Waals surface area contributed by atoms with Gasteiger partial charge in [0.15, 0.2) is 8.32 Å². The summed E-state index contributed by atoms with van der Waals surface area (Å²) in [6.45, 7) is 18.0. The molecule has 0 N–H and O–H groups in total. The quantitative estimate of drug-likeness (QED) is 0.0855. The zero-order chi connectivity index (χ0) is 30.2. The van der Waals surface area contributed by atoms with E-state index in [1.54, 1.807) is 0 Å². The molecule has 0 amide bonds. The van der Waals surface area contributed by atoms with Crippen LogP contribution in [-0.4, -0.2) is 140 Å². The summed E-state index contributed by atoms with van der Waals surface area (Å²) in [5.41, 5.74) is 1.16. The average Bonchev–Trinajstić information content (AvgIpc) is 2.97. The van der Waals surface area contributed by atoms with Crippen LogP contribution in [0.5, 0.6) is 0 Å². The van der Waals surface area contributed by atoms with Gasteiger partial charge in [-0.15, -0.1) is 0 Å². The minimum atomic E-state index is -1.45. The molecule has 1 aromatic rings. The van der Waals surface area contributed by atoms with Gasteiger partial charge in [0.25, 0.3) is 0 Å².